The van der Waals surface area contributed by atoms with E-state index in [0.717, 1.165) is 51.3 Å². The van der Waals surface area contributed by atoms with Crippen molar-refractivity contribution in [3.63, 3.8) is 0 Å². The molecule has 0 aromatic heterocycles. The van der Waals surface area contributed by atoms with Gasteiger partial charge in [0.2, 0.25) is 0 Å². The third-order valence-corrected chi connectivity index (χ3v) is 10.8. The predicted octanol–water partition coefficient (Wildman–Crippen LogP) is 8.05. The number of benzene rings is 4. The highest BCUT2D eigenvalue weighted by molar-refractivity contribution is 5.53. The van der Waals surface area contributed by atoms with Crippen molar-refractivity contribution in [1.29, 1.82) is 0 Å². The molecule has 234 valence electrons. The molecule has 1 saturated heterocycles. The van der Waals surface area contributed by atoms with E-state index in [4.69, 9.17) is 4.74 Å². The molecule has 4 nitrogen and oxygen atoms in total. The van der Waals surface area contributed by atoms with Crippen molar-refractivity contribution in [2.75, 3.05) is 44.2 Å². The van der Waals surface area contributed by atoms with Gasteiger partial charge >= 0.3 is 0 Å². The summed E-state index contributed by atoms with van der Waals surface area (Å²) in [5, 5.41) is 9.87. The van der Waals surface area contributed by atoms with Crippen LogP contribution in [0.25, 0.3) is 0 Å². The molecule has 0 radical (unpaired) electrons. The van der Waals surface area contributed by atoms with Crippen LogP contribution in [0.2, 0.25) is 0 Å². The molecule has 0 unspecified atom stereocenters. The zero-order valence-corrected chi connectivity index (χ0v) is 26.6. The number of anilines is 1. The molecule has 1 N–H and O–H groups in total. The Labute approximate surface area is 269 Å². The van der Waals surface area contributed by atoms with Gasteiger partial charge in [0.1, 0.15) is 12.4 Å². The molecule has 7 rings (SSSR count). The van der Waals surface area contributed by atoms with E-state index in [0.29, 0.717) is 36.9 Å². The van der Waals surface area contributed by atoms with E-state index >= 15 is 0 Å². The van der Waals surface area contributed by atoms with Gasteiger partial charge < -0.3 is 14.7 Å². The monoisotopic (exact) mass is 600 g/mol. The Hall–Kier alpha value is -3.60. The summed E-state index contributed by atoms with van der Waals surface area (Å²) in [7, 11) is 0. The number of ether oxygens (including phenoxy) is 1. The molecule has 4 heteroatoms. The lowest BCUT2D eigenvalue weighted by Crippen LogP contribution is -2.48. The van der Waals surface area contributed by atoms with Gasteiger partial charge in [0.15, 0.2) is 0 Å². The Kier molecular flexibility index (Phi) is 9.51. The molecule has 1 heterocycles. The number of hydrogen-bond acceptors (Lipinski definition) is 4. The van der Waals surface area contributed by atoms with Crippen LogP contribution < -0.4 is 9.64 Å². The summed E-state index contributed by atoms with van der Waals surface area (Å²) in [5.74, 6) is 2.89. The highest BCUT2D eigenvalue weighted by Gasteiger charge is 2.33. The Morgan fingerprint density at radius 1 is 0.689 bits per heavy atom. The predicted molar refractivity (Wildman–Crippen MR) is 184 cm³/mol. The first-order valence-corrected chi connectivity index (χ1v) is 17.3. The second kappa shape index (κ2) is 14.2. The fourth-order valence-electron chi connectivity index (χ4n) is 8.28. The van der Waals surface area contributed by atoms with Crippen LogP contribution in [0.1, 0.15) is 71.8 Å². The lowest BCUT2D eigenvalue weighted by molar-refractivity contribution is 0.0973. The summed E-state index contributed by atoms with van der Waals surface area (Å²) >= 11 is 0. The fourth-order valence-corrected chi connectivity index (χ4v) is 8.28. The van der Waals surface area contributed by atoms with Crippen molar-refractivity contribution >= 4 is 5.69 Å². The lowest BCUT2D eigenvalue weighted by Gasteiger charge is -2.40. The van der Waals surface area contributed by atoms with E-state index in [9.17, 15) is 5.11 Å². The number of hydrogen-bond donors (Lipinski definition) is 1. The Morgan fingerprint density at radius 3 is 2.13 bits per heavy atom. The summed E-state index contributed by atoms with van der Waals surface area (Å²) < 4.78 is 6.23. The maximum atomic E-state index is 9.87. The zero-order valence-electron chi connectivity index (χ0n) is 26.6. The molecule has 2 fully saturated rings. The molecule has 0 amide bonds. The van der Waals surface area contributed by atoms with E-state index < -0.39 is 0 Å². The highest BCUT2D eigenvalue weighted by Crippen LogP contribution is 2.47. The van der Waals surface area contributed by atoms with Gasteiger partial charge in [0, 0.05) is 50.9 Å². The number of aliphatic hydroxyl groups excluding tert-OH is 1. The van der Waals surface area contributed by atoms with Crippen LogP contribution in [0.5, 0.6) is 5.75 Å². The third-order valence-electron chi connectivity index (χ3n) is 10.8. The first kappa shape index (κ1) is 30.1. The number of aryl methyl sites for hydroxylation is 1. The van der Waals surface area contributed by atoms with E-state index in [2.05, 4.69) is 107 Å². The first-order valence-electron chi connectivity index (χ1n) is 17.3. The van der Waals surface area contributed by atoms with Gasteiger partial charge in [-0.15, -0.1) is 0 Å². The minimum absolute atomic E-state index is 0.320. The van der Waals surface area contributed by atoms with Gasteiger partial charge in [0.05, 0.1) is 0 Å². The molecule has 3 aliphatic rings. The van der Waals surface area contributed by atoms with Crippen LogP contribution >= 0.6 is 0 Å². The molecule has 1 aliphatic heterocycles. The second-order valence-electron chi connectivity index (χ2n) is 13.5. The molecular formula is C41H48N2O2. The standard InChI is InChI=1S/C41H48N2O2/c44-29-36-14-8-7-13-35(36)28-42-23-25-43(26-24-42)37-18-15-33(16-19-37)41-39(32-11-5-2-6-12-32)21-17-34-27-38(20-22-40(34)41)45-30-31-9-3-1-4-10-31/h1-6,9-12,15-16,18-20,22,27,35-36,39,41,44H,7-8,13-14,17,21,23-26,28-30H2/t35-,36-,39+,41-/m0/s1. The van der Waals surface area contributed by atoms with Crippen molar-refractivity contribution < 1.29 is 9.84 Å². The van der Waals surface area contributed by atoms with Gasteiger partial charge in [-0.05, 0) is 95.5 Å². The van der Waals surface area contributed by atoms with E-state index in [1.807, 2.05) is 6.07 Å². The Bertz CT molecular complexity index is 1500. The molecule has 0 spiro atoms. The minimum Gasteiger partial charge on any atom is -0.489 e. The summed E-state index contributed by atoms with van der Waals surface area (Å²) in [5.41, 5.74) is 8.21. The number of aliphatic hydroxyl groups is 1. The van der Waals surface area contributed by atoms with Crippen LogP contribution in [0.15, 0.2) is 103 Å². The van der Waals surface area contributed by atoms with Gasteiger partial charge in [0.25, 0.3) is 0 Å². The van der Waals surface area contributed by atoms with Crippen molar-refractivity contribution in [1.82, 2.24) is 4.90 Å². The molecule has 45 heavy (non-hydrogen) atoms. The van der Waals surface area contributed by atoms with Gasteiger partial charge in [-0.1, -0.05) is 91.7 Å². The SMILES string of the molecule is OC[C@@H]1CCCC[C@H]1CN1CCN(c2ccc([C@@H]3c4ccc(OCc5ccccc5)cc4CC[C@@H]3c3ccccc3)cc2)CC1. The van der Waals surface area contributed by atoms with E-state index in [-0.39, 0.29) is 0 Å². The maximum Gasteiger partial charge on any atom is 0.120 e. The minimum atomic E-state index is 0.320. The molecular weight excluding hydrogens is 552 g/mol. The van der Waals surface area contributed by atoms with Crippen LogP contribution in [-0.4, -0.2) is 49.3 Å². The summed E-state index contributed by atoms with van der Waals surface area (Å²) in [6, 6.07) is 37.8. The quantitative estimate of drug-likeness (QED) is 0.211. The normalized spacial score (nSPS) is 23.8. The average molecular weight is 601 g/mol. The zero-order chi connectivity index (χ0) is 30.4. The average Bonchev–Trinajstić information content (AvgIpc) is 3.11. The summed E-state index contributed by atoms with van der Waals surface area (Å²) in [6.07, 6.45) is 7.29. The smallest absolute Gasteiger partial charge is 0.120 e. The summed E-state index contributed by atoms with van der Waals surface area (Å²) in [6.45, 7) is 6.46. The number of fused-ring (bicyclic) bond motifs is 1. The fraction of sp³-hybridized carbons (Fsp3) is 0.415. The van der Waals surface area contributed by atoms with Crippen LogP contribution in [0.4, 0.5) is 5.69 Å². The van der Waals surface area contributed by atoms with Crippen LogP contribution in [0, 0.1) is 11.8 Å². The highest BCUT2D eigenvalue weighted by atomic mass is 16.5. The first-order chi connectivity index (χ1) is 22.2. The maximum absolute atomic E-state index is 9.87. The third kappa shape index (κ3) is 6.98. The second-order valence-corrected chi connectivity index (χ2v) is 13.5. The molecule has 1 saturated carbocycles. The van der Waals surface area contributed by atoms with Crippen LogP contribution in [-0.2, 0) is 13.0 Å². The number of piperazine rings is 1. The molecule has 0 bridgehead atoms. The van der Waals surface area contributed by atoms with Crippen molar-refractivity contribution in [3.05, 3.63) is 131 Å². The largest absolute Gasteiger partial charge is 0.489 e. The van der Waals surface area contributed by atoms with Gasteiger partial charge in [-0.25, -0.2) is 0 Å². The van der Waals surface area contributed by atoms with Crippen molar-refractivity contribution in [2.45, 2.75) is 57.0 Å². The number of rotatable bonds is 9. The molecule has 4 aromatic rings. The molecule has 4 atom stereocenters. The van der Waals surface area contributed by atoms with Gasteiger partial charge in [-0.3, -0.25) is 4.90 Å². The molecule has 2 aliphatic carbocycles. The van der Waals surface area contributed by atoms with Gasteiger partial charge in [-0.2, -0.15) is 0 Å². The Balaban J connectivity index is 1.06. The van der Waals surface area contributed by atoms with E-state index in [1.54, 1.807) is 0 Å². The summed E-state index contributed by atoms with van der Waals surface area (Å²) in [4.78, 5) is 5.20. The van der Waals surface area contributed by atoms with Crippen molar-refractivity contribution in [2.24, 2.45) is 11.8 Å². The lowest BCUT2D eigenvalue weighted by atomic mass is 9.69. The topological polar surface area (TPSA) is 35.9 Å². The molecule has 4 aromatic carbocycles. The number of nitrogens with zero attached hydrogens (tertiary/aromatic N) is 2. The van der Waals surface area contributed by atoms with Crippen LogP contribution in [0.3, 0.4) is 0 Å². The van der Waals surface area contributed by atoms with Crippen molar-refractivity contribution in [3.8, 4) is 5.75 Å². The van der Waals surface area contributed by atoms with E-state index in [1.165, 1.54) is 59.2 Å². The Morgan fingerprint density at radius 2 is 1.40 bits per heavy atom.